The molecule has 25 heavy (non-hydrogen) atoms. The van der Waals surface area contributed by atoms with Gasteiger partial charge in [0.2, 0.25) is 0 Å². The summed E-state index contributed by atoms with van der Waals surface area (Å²) in [5, 5.41) is 11.9. The minimum absolute atomic E-state index is 0.213. The summed E-state index contributed by atoms with van der Waals surface area (Å²) in [5.74, 6) is 0.644. The van der Waals surface area contributed by atoms with Gasteiger partial charge in [-0.15, -0.1) is 0 Å². The molecule has 130 valence electrons. The standard InChI is InChI=1S/C19H19ClN2O3/c1-12(2)14-4-6-15(7-5-14)22-18(23)11-25-19-16(20)8-13(10-21)9-17(19)24-3/h4-9,12H,11H2,1-3H3,(H,22,23). The first-order valence-corrected chi connectivity index (χ1v) is 8.12. The van der Waals surface area contributed by atoms with Gasteiger partial charge in [-0.2, -0.15) is 5.26 Å². The molecule has 0 aliphatic heterocycles. The molecule has 2 rings (SSSR count). The molecule has 5 nitrogen and oxygen atoms in total. The van der Waals surface area contributed by atoms with E-state index in [9.17, 15) is 4.79 Å². The van der Waals surface area contributed by atoms with Gasteiger partial charge in [0.15, 0.2) is 18.1 Å². The molecule has 0 aliphatic rings. The molecule has 1 N–H and O–H groups in total. The van der Waals surface area contributed by atoms with Gasteiger partial charge in [0.25, 0.3) is 5.91 Å². The normalized spacial score (nSPS) is 10.2. The maximum atomic E-state index is 12.1. The van der Waals surface area contributed by atoms with Crippen molar-refractivity contribution in [3.8, 4) is 17.6 Å². The molecule has 0 heterocycles. The van der Waals surface area contributed by atoms with Crippen LogP contribution < -0.4 is 14.8 Å². The molecule has 0 atom stereocenters. The molecular weight excluding hydrogens is 340 g/mol. The van der Waals surface area contributed by atoms with Gasteiger partial charge < -0.3 is 14.8 Å². The minimum atomic E-state index is -0.320. The highest BCUT2D eigenvalue weighted by atomic mass is 35.5. The monoisotopic (exact) mass is 358 g/mol. The van der Waals surface area contributed by atoms with Gasteiger partial charge >= 0.3 is 0 Å². The van der Waals surface area contributed by atoms with Gasteiger partial charge in [-0.05, 0) is 29.7 Å². The van der Waals surface area contributed by atoms with E-state index in [1.807, 2.05) is 30.3 Å². The molecule has 2 aromatic rings. The van der Waals surface area contributed by atoms with Crippen molar-refractivity contribution < 1.29 is 14.3 Å². The van der Waals surface area contributed by atoms with Crippen molar-refractivity contribution >= 4 is 23.2 Å². The van der Waals surface area contributed by atoms with E-state index in [1.54, 1.807) is 0 Å². The number of nitrogens with zero attached hydrogens (tertiary/aromatic N) is 1. The van der Waals surface area contributed by atoms with E-state index in [2.05, 4.69) is 19.2 Å². The Morgan fingerprint density at radius 2 is 1.96 bits per heavy atom. The van der Waals surface area contributed by atoms with Crippen molar-refractivity contribution in [3.05, 3.63) is 52.5 Å². The molecule has 0 spiro atoms. The number of ether oxygens (including phenoxy) is 2. The first-order chi connectivity index (χ1) is 11.9. The van der Waals surface area contributed by atoms with Crippen molar-refractivity contribution in [3.63, 3.8) is 0 Å². The zero-order valence-electron chi connectivity index (χ0n) is 14.3. The van der Waals surface area contributed by atoms with Gasteiger partial charge in [-0.3, -0.25) is 4.79 Å². The van der Waals surface area contributed by atoms with E-state index in [-0.39, 0.29) is 23.3 Å². The zero-order valence-corrected chi connectivity index (χ0v) is 15.1. The predicted molar refractivity (Wildman–Crippen MR) is 97.4 cm³/mol. The quantitative estimate of drug-likeness (QED) is 0.832. The molecular formula is C19H19ClN2O3. The Labute approximate surface area is 152 Å². The Hall–Kier alpha value is -2.71. The Morgan fingerprint density at radius 3 is 2.52 bits per heavy atom. The molecule has 0 unspecified atom stereocenters. The molecule has 0 fully saturated rings. The topological polar surface area (TPSA) is 71.3 Å². The van der Waals surface area contributed by atoms with Crippen LogP contribution in [0.3, 0.4) is 0 Å². The Balaban J connectivity index is 2.01. The molecule has 0 aliphatic carbocycles. The lowest BCUT2D eigenvalue weighted by Crippen LogP contribution is -2.20. The highest BCUT2D eigenvalue weighted by Gasteiger charge is 2.14. The second-order valence-electron chi connectivity index (χ2n) is 5.71. The van der Waals surface area contributed by atoms with E-state index < -0.39 is 0 Å². The van der Waals surface area contributed by atoms with Gasteiger partial charge in [0.05, 0.1) is 23.8 Å². The van der Waals surface area contributed by atoms with Crippen LogP contribution in [-0.2, 0) is 4.79 Å². The molecule has 0 bridgehead atoms. The lowest BCUT2D eigenvalue weighted by molar-refractivity contribution is -0.118. The van der Waals surface area contributed by atoms with Crippen LogP contribution in [0, 0.1) is 11.3 Å². The highest BCUT2D eigenvalue weighted by molar-refractivity contribution is 6.32. The molecule has 2 aromatic carbocycles. The number of benzene rings is 2. The van der Waals surface area contributed by atoms with E-state index in [0.29, 0.717) is 22.9 Å². The first kappa shape index (κ1) is 18.6. The lowest BCUT2D eigenvalue weighted by Gasteiger charge is -2.13. The van der Waals surface area contributed by atoms with Crippen LogP contribution in [0.1, 0.15) is 30.9 Å². The third-order valence-corrected chi connectivity index (χ3v) is 3.85. The van der Waals surface area contributed by atoms with Crippen LogP contribution >= 0.6 is 11.6 Å². The van der Waals surface area contributed by atoms with Gasteiger partial charge in [-0.25, -0.2) is 0 Å². The van der Waals surface area contributed by atoms with E-state index in [1.165, 1.54) is 24.8 Å². The van der Waals surface area contributed by atoms with Crippen LogP contribution in [0.4, 0.5) is 5.69 Å². The largest absolute Gasteiger partial charge is 0.493 e. The molecule has 1 amide bonds. The summed E-state index contributed by atoms with van der Waals surface area (Å²) in [5.41, 5.74) is 2.24. The number of carbonyl (C=O) groups is 1. The predicted octanol–water partition coefficient (Wildman–Crippen LogP) is 4.36. The number of amides is 1. The number of anilines is 1. The summed E-state index contributed by atoms with van der Waals surface area (Å²) in [6, 6.07) is 12.6. The summed E-state index contributed by atoms with van der Waals surface area (Å²) in [6.45, 7) is 3.99. The summed E-state index contributed by atoms with van der Waals surface area (Å²) in [4.78, 5) is 12.1. The Morgan fingerprint density at radius 1 is 1.28 bits per heavy atom. The summed E-state index contributed by atoms with van der Waals surface area (Å²) in [6.07, 6.45) is 0. The van der Waals surface area contributed by atoms with Crippen molar-refractivity contribution in [2.24, 2.45) is 0 Å². The van der Waals surface area contributed by atoms with Crippen molar-refractivity contribution in [1.82, 2.24) is 0 Å². The van der Waals surface area contributed by atoms with Crippen molar-refractivity contribution in [2.75, 3.05) is 19.0 Å². The van der Waals surface area contributed by atoms with Crippen LogP contribution in [0.2, 0.25) is 5.02 Å². The fourth-order valence-corrected chi connectivity index (χ4v) is 2.48. The van der Waals surface area contributed by atoms with Crippen LogP contribution in [0.15, 0.2) is 36.4 Å². The fraction of sp³-hybridized carbons (Fsp3) is 0.263. The number of carbonyl (C=O) groups excluding carboxylic acids is 1. The molecule has 6 heteroatoms. The summed E-state index contributed by atoms with van der Waals surface area (Å²) in [7, 11) is 1.44. The number of hydrogen-bond donors (Lipinski definition) is 1. The maximum Gasteiger partial charge on any atom is 0.262 e. The number of halogens is 1. The number of nitrogens with one attached hydrogen (secondary N) is 1. The molecule has 0 aromatic heterocycles. The van der Waals surface area contributed by atoms with Crippen LogP contribution in [-0.4, -0.2) is 19.6 Å². The van der Waals surface area contributed by atoms with Gasteiger partial charge in [-0.1, -0.05) is 37.6 Å². The average molecular weight is 359 g/mol. The van der Waals surface area contributed by atoms with E-state index >= 15 is 0 Å². The smallest absolute Gasteiger partial charge is 0.262 e. The maximum absolute atomic E-state index is 12.1. The van der Waals surface area contributed by atoms with Gasteiger partial charge in [0.1, 0.15) is 0 Å². The van der Waals surface area contributed by atoms with Crippen molar-refractivity contribution in [2.45, 2.75) is 19.8 Å². The van der Waals surface area contributed by atoms with Gasteiger partial charge in [0, 0.05) is 11.8 Å². The summed E-state index contributed by atoms with van der Waals surface area (Å²) >= 11 is 6.09. The van der Waals surface area contributed by atoms with Crippen LogP contribution in [0.25, 0.3) is 0 Å². The van der Waals surface area contributed by atoms with E-state index in [0.717, 1.165) is 0 Å². The SMILES string of the molecule is COc1cc(C#N)cc(Cl)c1OCC(=O)Nc1ccc(C(C)C)cc1. The van der Waals surface area contributed by atoms with E-state index in [4.69, 9.17) is 26.3 Å². The molecule has 0 saturated carbocycles. The van der Waals surface area contributed by atoms with Crippen LogP contribution in [0.5, 0.6) is 11.5 Å². The van der Waals surface area contributed by atoms with Crippen molar-refractivity contribution in [1.29, 1.82) is 5.26 Å². The zero-order chi connectivity index (χ0) is 18.4. The molecule has 0 saturated heterocycles. The highest BCUT2D eigenvalue weighted by Crippen LogP contribution is 2.36. The average Bonchev–Trinajstić information content (AvgIpc) is 2.60. The number of nitriles is 1. The fourth-order valence-electron chi connectivity index (χ4n) is 2.21. The molecule has 0 radical (unpaired) electrons. The first-order valence-electron chi connectivity index (χ1n) is 7.74. The second kappa shape index (κ2) is 8.41. The second-order valence-corrected chi connectivity index (χ2v) is 6.12. The third-order valence-electron chi connectivity index (χ3n) is 3.57. The Kier molecular flexibility index (Phi) is 6.26. The number of methoxy groups -OCH3 is 1. The number of rotatable bonds is 6. The number of hydrogen-bond acceptors (Lipinski definition) is 4. The summed E-state index contributed by atoms with van der Waals surface area (Å²) < 4.78 is 10.6. The minimum Gasteiger partial charge on any atom is -0.493 e. The lowest BCUT2D eigenvalue weighted by atomic mass is 10.0. The third kappa shape index (κ3) is 4.88. The Bertz CT molecular complexity index is 796.